The third kappa shape index (κ3) is 2.38. The standard InChI is InChI=1S/C13H7BrClIS2/c14-10-3-1-2-8-9(6-18-13(8)10)12(15)7-4-11(16)17-5-7/h1-6,12H. The fraction of sp³-hybridized carbons (Fsp3) is 0.0769. The molecule has 2 aromatic heterocycles. The van der Waals surface area contributed by atoms with Gasteiger partial charge in [0.25, 0.3) is 0 Å². The molecular weight excluding hydrogens is 463 g/mol. The maximum atomic E-state index is 6.61. The van der Waals surface area contributed by atoms with Crippen LogP contribution in [0.5, 0.6) is 0 Å². The minimum atomic E-state index is -0.0622. The average molecular weight is 470 g/mol. The van der Waals surface area contributed by atoms with E-state index < -0.39 is 0 Å². The molecule has 0 amide bonds. The van der Waals surface area contributed by atoms with Crippen LogP contribution in [0.25, 0.3) is 10.1 Å². The quantitative estimate of drug-likeness (QED) is 0.291. The van der Waals surface area contributed by atoms with Gasteiger partial charge in [-0.05, 0) is 77.9 Å². The van der Waals surface area contributed by atoms with Crippen molar-refractivity contribution in [3.8, 4) is 0 Å². The monoisotopic (exact) mass is 468 g/mol. The summed E-state index contributed by atoms with van der Waals surface area (Å²) in [6.07, 6.45) is 0. The highest BCUT2D eigenvalue weighted by molar-refractivity contribution is 14.1. The van der Waals surface area contributed by atoms with Crippen LogP contribution in [-0.2, 0) is 0 Å². The van der Waals surface area contributed by atoms with E-state index in [2.05, 4.69) is 73.5 Å². The summed E-state index contributed by atoms with van der Waals surface area (Å²) in [5.41, 5.74) is 2.39. The number of fused-ring (bicyclic) bond motifs is 1. The van der Waals surface area contributed by atoms with E-state index in [4.69, 9.17) is 11.6 Å². The SMILES string of the molecule is ClC(c1csc(I)c1)c1csc2c(Br)cccc12. The van der Waals surface area contributed by atoms with Gasteiger partial charge in [0.2, 0.25) is 0 Å². The third-order valence-corrected chi connectivity index (χ3v) is 7.00. The van der Waals surface area contributed by atoms with E-state index in [-0.39, 0.29) is 5.38 Å². The smallest absolute Gasteiger partial charge is 0.0857 e. The molecule has 3 aromatic rings. The van der Waals surface area contributed by atoms with Crippen molar-refractivity contribution in [3.63, 3.8) is 0 Å². The van der Waals surface area contributed by atoms with Crippen LogP contribution < -0.4 is 0 Å². The lowest BCUT2D eigenvalue weighted by molar-refractivity contribution is 1.19. The Bertz CT molecular complexity index is 704. The Kier molecular flexibility index (Phi) is 4.01. The first-order chi connectivity index (χ1) is 8.66. The normalized spacial score (nSPS) is 13.1. The maximum absolute atomic E-state index is 6.61. The average Bonchev–Trinajstić information content (AvgIpc) is 2.95. The second-order valence-corrected chi connectivity index (χ2v) is 8.83. The van der Waals surface area contributed by atoms with Crippen LogP contribution in [0.15, 0.2) is 39.5 Å². The molecule has 0 aliphatic heterocycles. The zero-order valence-corrected chi connectivity index (χ0v) is 15.1. The number of halogens is 3. The molecule has 0 nitrogen and oxygen atoms in total. The second kappa shape index (κ2) is 5.40. The number of thiophene rings is 2. The van der Waals surface area contributed by atoms with Crippen LogP contribution in [0.1, 0.15) is 16.5 Å². The van der Waals surface area contributed by atoms with Crippen LogP contribution in [0, 0.1) is 2.88 Å². The summed E-state index contributed by atoms with van der Waals surface area (Å²) in [4.78, 5) is 0. The van der Waals surface area contributed by atoms with Gasteiger partial charge in [0.15, 0.2) is 0 Å². The molecule has 2 heterocycles. The van der Waals surface area contributed by atoms with Crippen molar-refractivity contribution in [1.29, 1.82) is 0 Å². The van der Waals surface area contributed by atoms with Crippen molar-refractivity contribution < 1.29 is 0 Å². The van der Waals surface area contributed by atoms with Crippen molar-refractivity contribution >= 4 is 82.9 Å². The molecule has 0 saturated carbocycles. The molecule has 3 rings (SSSR count). The number of hydrogen-bond donors (Lipinski definition) is 0. The Balaban J connectivity index is 2.12. The van der Waals surface area contributed by atoms with Crippen molar-refractivity contribution in [2.24, 2.45) is 0 Å². The third-order valence-electron chi connectivity index (χ3n) is 2.74. The minimum absolute atomic E-state index is 0.0622. The van der Waals surface area contributed by atoms with Gasteiger partial charge < -0.3 is 0 Å². The lowest BCUT2D eigenvalue weighted by atomic mass is 10.1. The topological polar surface area (TPSA) is 0 Å². The predicted octanol–water partition coefficient (Wildman–Crippen LogP) is 6.66. The van der Waals surface area contributed by atoms with E-state index in [1.54, 1.807) is 22.7 Å². The van der Waals surface area contributed by atoms with Gasteiger partial charge in [0, 0.05) is 9.17 Å². The largest absolute Gasteiger partial charge is 0.142 e. The molecule has 0 bridgehead atoms. The van der Waals surface area contributed by atoms with Gasteiger partial charge in [-0.25, -0.2) is 0 Å². The fourth-order valence-electron chi connectivity index (χ4n) is 1.87. The van der Waals surface area contributed by atoms with Gasteiger partial charge in [0.05, 0.1) is 8.26 Å². The molecule has 92 valence electrons. The first kappa shape index (κ1) is 13.4. The summed E-state index contributed by atoms with van der Waals surface area (Å²) >= 11 is 16.0. The summed E-state index contributed by atoms with van der Waals surface area (Å²) in [5, 5.41) is 5.49. The molecule has 0 N–H and O–H groups in total. The summed E-state index contributed by atoms with van der Waals surface area (Å²) in [5.74, 6) is 0. The highest BCUT2D eigenvalue weighted by atomic mass is 127. The number of benzene rings is 1. The van der Waals surface area contributed by atoms with Crippen LogP contribution >= 0.6 is 72.8 Å². The first-order valence-corrected chi connectivity index (χ1v) is 9.27. The molecule has 0 radical (unpaired) electrons. The van der Waals surface area contributed by atoms with Gasteiger partial charge in [-0.15, -0.1) is 34.3 Å². The van der Waals surface area contributed by atoms with Crippen molar-refractivity contribution in [3.05, 3.63) is 53.5 Å². The summed E-state index contributed by atoms with van der Waals surface area (Å²) in [7, 11) is 0. The van der Waals surface area contributed by atoms with E-state index in [0.29, 0.717) is 0 Å². The Labute approximate surface area is 140 Å². The van der Waals surface area contributed by atoms with Gasteiger partial charge in [-0.2, -0.15) is 0 Å². The van der Waals surface area contributed by atoms with Crippen molar-refractivity contribution in [2.45, 2.75) is 5.38 Å². The molecule has 1 unspecified atom stereocenters. The molecule has 0 saturated heterocycles. The number of alkyl halides is 1. The van der Waals surface area contributed by atoms with E-state index in [1.165, 1.54) is 24.1 Å². The highest BCUT2D eigenvalue weighted by Crippen LogP contribution is 2.41. The summed E-state index contributed by atoms with van der Waals surface area (Å²) < 4.78 is 3.68. The Morgan fingerprint density at radius 3 is 2.78 bits per heavy atom. The lowest BCUT2D eigenvalue weighted by Gasteiger charge is -2.06. The molecule has 0 aliphatic rings. The first-order valence-electron chi connectivity index (χ1n) is 5.20. The molecule has 0 fully saturated rings. The molecule has 18 heavy (non-hydrogen) atoms. The van der Waals surface area contributed by atoms with E-state index >= 15 is 0 Å². The predicted molar refractivity (Wildman–Crippen MR) is 94.3 cm³/mol. The fourth-order valence-corrected chi connectivity index (χ4v) is 5.38. The Morgan fingerprint density at radius 2 is 2.06 bits per heavy atom. The molecule has 1 atom stereocenters. The lowest BCUT2D eigenvalue weighted by Crippen LogP contribution is -1.89. The summed E-state index contributed by atoms with van der Waals surface area (Å²) in [6.45, 7) is 0. The molecule has 0 aliphatic carbocycles. The highest BCUT2D eigenvalue weighted by Gasteiger charge is 2.17. The summed E-state index contributed by atoms with van der Waals surface area (Å²) in [6, 6.07) is 8.42. The number of rotatable bonds is 2. The zero-order valence-electron chi connectivity index (χ0n) is 8.99. The van der Waals surface area contributed by atoms with E-state index in [0.717, 1.165) is 4.47 Å². The minimum Gasteiger partial charge on any atom is -0.142 e. The molecule has 0 spiro atoms. The maximum Gasteiger partial charge on any atom is 0.0857 e. The van der Waals surface area contributed by atoms with Crippen LogP contribution in [-0.4, -0.2) is 0 Å². The van der Waals surface area contributed by atoms with Gasteiger partial charge in [-0.1, -0.05) is 12.1 Å². The van der Waals surface area contributed by atoms with Gasteiger partial charge in [0.1, 0.15) is 0 Å². The molecular formula is C13H7BrClIS2. The zero-order chi connectivity index (χ0) is 12.7. The van der Waals surface area contributed by atoms with E-state index in [1.807, 2.05) is 0 Å². The number of hydrogen-bond acceptors (Lipinski definition) is 2. The van der Waals surface area contributed by atoms with Crippen LogP contribution in [0.2, 0.25) is 0 Å². The van der Waals surface area contributed by atoms with E-state index in [9.17, 15) is 0 Å². The van der Waals surface area contributed by atoms with Gasteiger partial charge in [-0.3, -0.25) is 0 Å². The van der Waals surface area contributed by atoms with Crippen LogP contribution in [0.3, 0.4) is 0 Å². The van der Waals surface area contributed by atoms with Gasteiger partial charge >= 0.3 is 0 Å². The molecule has 5 heteroatoms. The second-order valence-electron chi connectivity index (χ2n) is 3.85. The Morgan fingerprint density at radius 1 is 1.22 bits per heavy atom. The van der Waals surface area contributed by atoms with Crippen LogP contribution in [0.4, 0.5) is 0 Å². The van der Waals surface area contributed by atoms with Crippen molar-refractivity contribution in [2.75, 3.05) is 0 Å². The van der Waals surface area contributed by atoms with Crippen molar-refractivity contribution in [1.82, 2.24) is 0 Å². The molecule has 1 aromatic carbocycles. The Hall–Kier alpha value is 0.380.